The zero-order chi connectivity index (χ0) is 20.6. The fourth-order valence-corrected chi connectivity index (χ4v) is 2.99. The summed E-state index contributed by atoms with van der Waals surface area (Å²) in [7, 11) is -5.82. The van der Waals surface area contributed by atoms with Gasteiger partial charge >= 0.3 is 21.6 Å². The summed E-state index contributed by atoms with van der Waals surface area (Å²) in [5.41, 5.74) is -5.36. The Morgan fingerprint density at radius 1 is 1.30 bits per heavy atom. The van der Waals surface area contributed by atoms with E-state index in [0.29, 0.717) is 11.1 Å². The molecule has 1 heterocycles. The predicted octanol–water partition coefficient (Wildman–Crippen LogP) is 3.64. The molecule has 1 aromatic rings. The van der Waals surface area contributed by atoms with Crippen LogP contribution < -0.4 is 4.74 Å². The fraction of sp³-hybridized carbons (Fsp3) is 0.471. The van der Waals surface area contributed by atoms with Gasteiger partial charge in [0.15, 0.2) is 0 Å². The number of aliphatic carboxylic acids is 1. The summed E-state index contributed by atoms with van der Waals surface area (Å²) in [6.45, 7) is 4.85. The van der Waals surface area contributed by atoms with Gasteiger partial charge in [-0.15, -0.1) is 0 Å². The Bertz CT molecular complexity index is 885. The summed E-state index contributed by atoms with van der Waals surface area (Å²) in [6, 6.07) is 2.95. The fourth-order valence-electron chi connectivity index (χ4n) is 2.50. The first-order chi connectivity index (χ1) is 12.2. The van der Waals surface area contributed by atoms with Gasteiger partial charge < -0.3 is 14.0 Å². The quantitative estimate of drug-likeness (QED) is 0.591. The van der Waals surface area contributed by atoms with Gasteiger partial charge in [-0.1, -0.05) is 0 Å². The van der Waals surface area contributed by atoms with Gasteiger partial charge in [0.05, 0.1) is 17.6 Å². The highest BCUT2D eigenvalue weighted by molar-refractivity contribution is 7.87. The minimum atomic E-state index is -5.82. The van der Waals surface area contributed by atoms with Crippen molar-refractivity contribution in [2.24, 2.45) is 5.41 Å². The Morgan fingerprint density at radius 2 is 1.93 bits per heavy atom. The summed E-state index contributed by atoms with van der Waals surface area (Å²) in [4.78, 5) is 11.3. The second-order valence-corrected chi connectivity index (χ2v) is 8.37. The molecule has 0 atom stereocenters. The third kappa shape index (κ3) is 4.55. The maximum absolute atomic E-state index is 12.6. The SMILES string of the molecule is Cc1cc2c(cc1CC(C)(C)C(=O)O)OCCC=C2OS(=O)(=O)C(F)(F)F. The van der Waals surface area contributed by atoms with Gasteiger partial charge in [0.25, 0.3) is 0 Å². The van der Waals surface area contributed by atoms with Gasteiger partial charge in [-0.3, -0.25) is 4.79 Å². The third-order valence-electron chi connectivity index (χ3n) is 4.10. The van der Waals surface area contributed by atoms with Crippen LogP contribution in [0.1, 0.15) is 37.0 Å². The molecule has 0 aromatic heterocycles. The van der Waals surface area contributed by atoms with Crippen molar-refractivity contribution < 1.29 is 40.4 Å². The monoisotopic (exact) mass is 408 g/mol. The van der Waals surface area contributed by atoms with Crippen LogP contribution in [0.15, 0.2) is 18.2 Å². The van der Waals surface area contributed by atoms with Gasteiger partial charge in [0.1, 0.15) is 11.5 Å². The molecule has 1 aliphatic heterocycles. The molecule has 0 spiro atoms. The lowest BCUT2D eigenvalue weighted by Gasteiger charge is -2.22. The number of carboxylic acids is 1. The number of alkyl halides is 3. The van der Waals surface area contributed by atoms with E-state index in [9.17, 15) is 31.5 Å². The Balaban J connectivity index is 2.46. The van der Waals surface area contributed by atoms with Crippen LogP contribution in [0.25, 0.3) is 5.76 Å². The lowest BCUT2D eigenvalue weighted by atomic mass is 9.84. The first kappa shape index (κ1) is 21.1. The van der Waals surface area contributed by atoms with E-state index in [1.165, 1.54) is 18.2 Å². The second kappa shape index (κ2) is 7.06. The molecular weight excluding hydrogens is 389 g/mol. The van der Waals surface area contributed by atoms with Gasteiger partial charge in [0, 0.05) is 6.42 Å². The van der Waals surface area contributed by atoms with E-state index in [2.05, 4.69) is 4.18 Å². The summed E-state index contributed by atoms with van der Waals surface area (Å²) in [5.74, 6) is -1.33. The van der Waals surface area contributed by atoms with Crippen molar-refractivity contribution in [1.82, 2.24) is 0 Å². The third-order valence-corrected chi connectivity index (χ3v) is 5.07. The molecule has 6 nitrogen and oxygen atoms in total. The number of carbonyl (C=O) groups is 1. The number of hydrogen-bond acceptors (Lipinski definition) is 5. The molecule has 0 radical (unpaired) electrons. The van der Waals surface area contributed by atoms with E-state index in [1.54, 1.807) is 20.8 Å². The lowest BCUT2D eigenvalue weighted by Crippen LogP contribution is -2.26. The van der Waals surface area contributed by atoms with Crippen LogP contribution in [0, 0.1) is 12.3 Å². The highest BCUT2D eigenvalue weighted by Crippen LogP contribution is 2.37. The highest BCUT2D eigenvalue weighted by atomic mass is 32.2. The van der Waals surface area contributed by atoms with Gasteiger partial charge in [-0.05, 0) is 56.5 Å². The summed E-state index contributed by atoms with van der Waals surface area (Å²) in [5, 5.41) is 9.29. The van der Waals surface area contributed by atoms with Gasteiger partial charge in [0.2, 0.25) is 0 Å². The number of carboxylic acid groups (broad SMARTS) is 1. The lowest BCUT2D eigenvalue weighted by molar-refractivity contribution is -0.146. The number of aryl methyl sites for hydroxylation is 1. The molecule has 0 saturated carbocycles. The number of halogens is 3. The smallest absolute Gasteiger partial charge is 0.492 e. The van der Waals surface area contributed by atoms with Crippen LogP contribution in [0.3, 0.4) is 0 Å². The predicted molar refractivity (Wildman–Crippen MR) is 90.4 cm³/mol. The highest BCUT2D eigenvalue weighted by Gasteiger charge is 2.49. The van der Waals surface area contributed by atoms with Crippen molar-refractivity contribution in [3.63, 3.8) is 0 Å². The average Bonchev–Trinajstić information content (AvgIpc) is 2.68. The van der Waals surface area contributed by atoms with E-state index in [1.807, 2.05) is 0 Å². The molecule has 0 unspecified atom stereocenters. The number of benzene rings is 1. The molecule has 150 valence electrons. The molecule has 27 heavy (non-hydrogen) atoms. The first-order valence-corrected chi connectivity index (χ1v) is 9.36. The molecule has 0 amide bonds. The molecule has 1 aromatic carbocycles. The van der Waals surface area contributed by atoms with E-state index >= 15 is 0 Å². The Morgan fingerprint density at radius 3 is 2.48 bits per heavy atom. The number of ether oxygens (including phenoxy) is 1. The second-order valence-electron chi connectivity index (χ2n) is 6.83. The topological polar surface area (TPSA) is 89.9 Å². The van der Waals surface area contributed by atoms with Crippen molar-refractivity contribution in [3.05, 3.63) is 34.9 Å². The van der Waals surface area contributed by atoms with Crippen molar-refractivity contribution in [2.75, 3.05) is 6.61 Å². The molecular formula is C17H19F3O6S. The standard InChI is InChI=1S/C17H19F3O6S/c1-10-7-12-13(26-27(23,24)17(18,19)20)5-4-6-25-14(12)8-11(10)9-16(2,3)15(21)22/h5,7-8H,4,6,9H2,1-3H3,(H,21,22). The van der Waals surface area contributed by atoms with Crippen LogP contribution >= 0.6 is 0 Å². The number of rotatable bonds is 5. The van der Waals surface area contributed by atoms with E-state index in [0.717, 1.165) is 0 Å². The Labute approximate surface area is 154 Å². The molecule has 0 bridgehead atoms. The van der Waals surface area contributed by atoms with Crippen LogP contribution in [0.2, 0.25) is 0 Å². The van der Waals surface area contributed by atoms with Crippen LogP contribution in [0.4, 0.5) is 13.2 Å². The largest absolute Gasteiger partial charge is 0.534 e. The van der Waals surface area contributed by atoms with E-state index in [-0.39, 0.29) is 30.8 Å². The minimum absolute atomic E-state index is 0.0645. The first-order valence-electron chi connectivity index (χ1n) is 7.95. The van der Waals surface area contributed by atoms with Gasteiger partial charge in [-0.2, -0.15) is 21.6 Å². The Kier molecular flexibility index (Phi) is 5.51. The zero-order valence-electron chi connectivity index (χ0n) is 14.9. The molecule has 2 rings (SSSR count). The summed E-state index contributed by atoms with van der Waals surface area (Å²) < 4.78 is 70.5. The molecule has 0 saturated heterocycles. The maximum atomic E-state index is 12.6. The molecule has 10 heteroatoms. The van der Waals surface area contributed by atoms with Crippen LogP contribution in [0.5, 0.6) is 5.75 Å². The summed E-state index contributed by atoms with van der Waals surface area (Å²) in [6.07, 6.45) is 1.52. The zero-order valence-corrected chi connectivity index (χ0v) is 15.7. The van der Waals surface area contributed by atoms with Crippen molar-refractivity contribution >= 4 is 21.8 Å². The van der Waals surface area contributed by atoms with E-state index in [4.69, 9.17) is 4.74 Å². The summed E-state index contributed by atoms with van der Waals surface area (Å²) >= 11 is 0. The molecule has 0 fully saturated rings. The Hall–Kier alpha value is -2.23. The number of fused-ring (bicyclic) bond motifs is 1. The van der Waals surface area contributed by atoms with Crippen LogP contribution in [-0.2, 0) is 25.5 Å². The number of hydrogen-bond donors (Lipinski definition) is 1. The van der Waals surface area contributed by atoms with Gasteiger partial charge in [-0.25, -0.2) is 0 Å². The maximum Gasteiger partial charge on any atom is 0.534 e. The van der Waals surface area contributed by atoms with Crippen molar-refractivity contribution in [3.8, 4) is 5.75 Å². The minimum Gasteiger partial charge on any atom is -0.492 e. The normalized spacial score (nSPS) is 15.3. The molecule has 0 aliphatic carbocycles. The van der Waals surface area contributed by atoms with E-state index < -0.39 is 32.8 Å². The molecule has 1 N–H and O–H groups in total. The molecule has 1 aliphatic rings. The van der Waals surface area contributed by atoms with Crippen molar-refractivity contribution in [1.29, 1.82) is 0 Å². The average molecular weight is 408 g/mol. The van der Waals surface area contributed by atoms with Crippen LogP contribution in [-0.4, -0.2) is 31.6 Å². The van der Waals surface area contributed by atoms with Crippen molar-refractivity contribution in [2.45, 2.75) is 39.1 Å².